The molecule has 2 N–H and O–H groups in total. The number of rotatable bonds is 6. The van der Waals surface area contributed by atoms with Gasteiger partial charge in [-0.2, -0.15) is 5.10 Å². The van der Waals surface area contributed by atoms with Gasteiger partial charge in [0.25, 0.3) is 5.56 Å². The summed E-state index contributed by atoms with van der Waals surface area (Å²) in [5.74, 6) is -0.713. The summed E-state index contributed by atoms with van der Waals surface area (Å²) < 4.78 is 1.05. The summed E-state index contributed by atoms with van der Waals surface area (Å²) in [5, 5.41) is 10.3. The molecule has 7 nitrogen and oxygen atoms in total. The Balaban J connectivity index is 1.94. The number of nitrogens with one attached hydrogen (secondary N) is 2. The van der Waals surface area contributed by atoms with E-state index in [-0.39, 0.29) is 24.6 Å². The van der Waals surface area contributed by atoms with Gasteiger partial charge in [0, 0.05) is 22.7 Å². The van der Waals surface area contributed by atoms with Gasteiger partial charge in [0.2, 0.25) is 11.8 Å². The quantitative estimate of drug-likeness (QED) is 0.604. The molecular weight excluding hydrogens is 416 g/mol. The second-order valence-corrected chi connectivity index (χ2v) is 7.60. The lowest BCUT2D eigenvalue weighted by atomic mass is 10.1. The van der Waals surface area contributed by atoms with Crippen molar-refractivity contribution in [2.75, 3.05) is 10.6 Å². The number of carbonyl (C=O) groups excluding carboxylic acids is 2. The van der Waals surface area contributed by atoms with Crippen LogP contribution in [-0.2, 0) is 16.1 Å². The molecule has 1 aromatic heterocycles. The summed E-state index contributed by atoms with van der Waals surface area (Å²) in [4.78, 5) is 37.3. The van der Waals surface area contributed by atoms with E-state index in [1.54, 1.807) is 37.3 Å². The molecule has 0 fully saturated rings. The zero-order chi connectivity index (χ0) is 22.5. The SMILES string of the molecule is CCC(=O)Nc1cc(-c2ccc(Cl)cc2)nn(CC(=O)Nc2ccc(C)c(C)c2)c1=O. The third-order valence-corrected chi connectivity index (χ3v) is 5.05. The van der Waals surface area contributed by atoms with E-state index in [0.29, 0.717) is 22.0 Å². The van der Waals surface area contributed by atoms with Crippen molar-refractivity contribution in [1.82, 2.24) is 9.78 Å². The molecule has 2 aromatic carbocycles. The first-order valence-corrected chi connectivity index (χ1v) is 10.2. The predicted octanol–water partition coefficient (Wildman–Crippen LogP) is 4.17. The van der Waals surface area contributed by atoms with Crippen LogP contribution in [0, 0.1) is 13.8 Å². The van der Waals surface area contributed by atoms with Gasteiger partial charge in [-0.3, -0.25) is 14.4 Å². The zero-order valence-electron chi connectivity index (χ0n) is 17.5. The third kappa shape index (κ3) is 5.58. The van der Waals surface area contributed by atoms with Gasteiger partial charge in [0.05, 0.1) is 5.69 Å². The Labute approximate surface area is 185 Å². The van der Waals surface area contributed by atoms with Crippen molar-refractivity contribution in [2.24, 2.45) is 0 Å². The minimum Gasteiger partial charge on any atom is -0.324 e. The largest absolute Gasteiger partial charge is 0.324 e. The number of amides is 2. The summed E-state index contributed by atoms with van der Waals surface area (Å²) in [6.45, 7) is 5.32. The van der Waals surface area contributed by atoms with Crippen molar-refractivity contribution in [3.8, 4) is 11.3 Å². The Hall–Kier alpha value is -3.45. The monoisotopic (exact) mass is 438 g/mol. The highest BCUT2D eigenvalue weighted by Gasteiger charge is 2.15. The van der Waals surface area contributed by atoms with E-state index in [0.717, 1.165) is 15.8 Å². The van der Waals surface area contributed by atoms with Gasteiger partial charge in [-0.1, -0.05) is 36.7 Å². The van der Waals surface area contributed by atoms with E-state index < -0.39 is 11.5 Å². The van der Waals surface area contributed by atoms with Crippen LogP contribution >= 0.6 is 11.6 Å². The van der Waals surface area contributed by atoms with Gasteiger partial charge in [-0.15, -0.1) is 0 Å². The van der Waals surface area contributed by atoms with Crippen LogP contribution in [0.15, 0.2) is 53.3 Å². The molecule has 0 unspecified atom stereocenters. The van der Waals surface area contributed by atoms with Crippen LogP contribution < -0.4 is 16.2 Å². The predicted molar refractivity (Wildman–Crippen MR) is 122 cm³/mol. The molecule has 2 amide bonds. The van der Waals surface area contributed by atoms with Crippen molar-refractivity contribution in [3.63, 3.8) is 0 Å². The first-order chi connectivity index (χ1) is 14.8. The fraction of sp³-hybridized carbons (Fsp3) is 0.217. The number of halogens is 1. The van der Waals surface area contributed by atoms with E-state index in [1.165, 1.54) is 6.07 Å². The molecule has 3 aromatic rings. The normalized spacial score (nSPS) is 10.6. The average Bonchev–Trinajstić information content (AvgIpc) is 2.74. The molecule has 160 valence electrons. The van der Waals surface area contributed by atoms with Crippen LogP contribution in [-0.4, -0.2) is 21.6 Å². The lowest BCUT2D eigenvalue weighted by Gasteiger charge is -2.12. The van der Waals surface area contributed by atoms with E-state index in [1.807, 2.05) is 26.0 Å². The molecule has 31 heavy (non-hydrogen) atoms. The Morgan fingerprint density at radius 1 is 0.968 bits per heavy atom. The van der Waals surface area contributed by atoms with E-state index in [9.17, 15) is 14.4 Å². The molecule has 0 aliphatic carbocycles. The lowest BCUT2D eigenvalue weighted by Crippen LogP contribution is -2.32. The molecule has 3 rings (SSSR count). The van der Waals surface area contributed by atoms with E-state index in [4.69, 9.17) is 11.6 Å². The standard InChI is InChI=1S/C23H23ClN4O3/c1-4-21(29)26-20-12-19(16-6-8-17(24)9-7-16)27-28(23(20)31)13-22(30)25-18-10-5-14(2)15(3)11-18/h5-12H,4,13H2,1-3H3,(H,25,30)(H,26,29). The highest BCUT2D eigenvalue weighted by atomic mass is 35.5. The fourth-order valence-corrected chi connectivity index (χ4v) is 3.02. The average molecular weight is 439 g/mol. The second-order valence-electron chi connectivity index (χ2n) is 7.16. The zero-order valence-corrected chi connectivity index (χ0v) is 18.3. The fourth-order valence-electron chi connectivity index (χ4n) is 2.89. The van der Waals surface area contributed by atoms with E-state index >= 15 is 0 Å². The molecule has 8 heteroatoms. The maximum atomic E-state index is 12.8. The maximum Gasteiger partial charge on any atom is 0.291 e. The Morgan fingerprint density at radius 3 is 2.32 bits per heavy atom. The van der Waals surface area contributed by atoms with Crippen molar-refractivity contribution in [3.05, 3.63) is 75.0 Å². The smallest absolute Gasteiger partial charge is 0.291 e. The molecule has 0 spiro atoms. The number of nitrogens with zero attached hydrogens (tertiary/aromatic N) is 2. The Kier molecular flexibility index (Phi) is 6.87. The molecule has 0 saturated carbocycles. The number of anilines is 2. The lowest BCUT2D eigenvalue weighted by molar-refractivity contribution is -0.117. The number of aromatic nitrogens is 2. The molecular formula is C23H23ClN4O3. The van der Waals surface area contributed by atoms with Crippen LogP contribution in [0.3, 0.4) is 0 Å². The topological polar surface area (TPSA) is 93.1 Å². The molecule has 0 bridgehead atoms. The summed E-state index contributed by atoms with van der Waals surface area (Å²) >= 11 is 5.96. The van der Waals surface area contributed by atoms with Crippen LogP contribution in [0.2, 0.25) is 5.02 Å². The number of aryl methyl sites for hydroxylation is 2. The van der Waals surface area contributed by atoms with E-state index in [2.05, 4.69) is 15.7 Å². The minimum atomic E-state index is -0.560. The minimum absolute atomic E-state index is 0.0609. The summed E-state index contributed by atoms with van der Waals surface area (Å²) in [5.41, 5.74) is 3.42. The first-order valence-electron chi connectivity index (χ1n) is 9.82. The third-order valence-electron chi connectivity index (χ3n) is 4.79. The molecule has 1 heterocycles. The maximum absolute atomic E-state index is 12.8. The molecule has 0 aliphatic heterocycles. The van der Waals surface area contributed by atoms with Crippen molar-refractivity contribution < 1.29 is 9.59 Å². The second kappa shape index (κ2) is 9.57. The van der Waals surface area contributed by atoms with Crippen LogP contribution in [0.25, 0.3) is 11.3 Å². The van der Waals surface area contributed by atoms with Crippen LogP contribution in [0.5, 0.6) is 0 Å². The van der Waals surface area contributed by atoms with Crippen molar-refractivity contribution in [1.29, 1.82) is 0 Å². The van der Waals surface area contributed by atoms with Gasteiger partial charge in [0.1, 0.15) is 12.2 Å². The molecule has 0 atom stereocenters. The number of hydrogen-bond acceptors (Lipinski definition) is 4. The van der Waals surface area contributed by atoms with Crippen LogP contribution in [0.1, 0.15) is 24.5 Å². The summed E-state index contributed by atoms with van der Waals surface area (Å²) in [7, 11) is 0. The molecule has 0 radical (unpaired) electrons. The number of hydrogen-bond donors (Lipinski definition) is 2. The Bertz CT molecular complexity index is 1190. The van der Waals surface area contributed by atoms with Gasteiger partial charge in [-0.25, -0.2) is 4.68 Å². The van der Waals surface area contributed by atoms with Gasteiger partial charge >= 0.3 is 0 Å². The first kappa shape index (κ1) is 22.2. The van der Waals surface area contributed by atoms with Crippen molar-refractivity contribution in [2.45, 2.75) is 33.7 Å². The summed E-state index contributed by atoms with van der Waals surface area (Å²) in [6.07, 6.45) is 0.214. The highest BCUT2D eigenvalue weighted by Crippen LogP contribution is 2.21. The molecule has 0 saturated heterocycles. The van der Waals surface area contributed by atoms with Crippen molar-refractivity contribution >= 4 is 34.8 Å². The molecule has 0 aliphatic rings. The summed E-state index contributed by atoms with van der Waals surface area (Å²) in [6, 6.07) is 14.0. The highest BCUT2D eigenvalue weighted by molar-refractivity contribution is 6.30. The number of carbonyl (C=O) groups is 2. The number of benzene rings is 2. The van der Waals surface area contributed by atoms with Gasteiger partial charge in [-0.05, 0) is 55.3 Å². The Morgan fingerprint density at radius 2 is 1.68 bits per heavy atom. The van der Waals surface area contributed by atoms with Crippen LogP contribution in [0.4, 0.5) is 11.4 Å². The van der Waals surface area contributed by atoms with Gasteiger partial charge < -0.3 is 10.6 Å². The van der Waals surface area contributed by atoms with Gasteiger partial charge in [0.15, 0.2) is 0 Å².